The van der Waals surface area contributed by atoms with Crippen molar-refractivity contribution in [3.05, 3.63) is 54.1 Å². The first kappa shape index (κ1) is 15.1. The molecule has 1 heterocycles. The first-order valence-corrected chi connectivity index (χ1v) is 7.28. The van der Waals surface area contributed by atoms with Crippen LogP contribution in [0, 0.1) is 11.6 Å². The number of hydrogen-bond acceptors (Lipinski definition) is 4. The average Bonchev–Trinajstić information content (AvgIpc) is 2.50. The smallest absolute Gasteiger partial charge is 0.229 e. The lowest BCUT2D eigenvalue weighted by molar-refractivity contribution is 0.586. The highest BCUT2D eigenvalue weighted by Crippen LogP contribution is 2.25. The van der Waals surface area contributed by atoms with Crippen molar-refractivity contribution in [2.75, 3.05) is 10.6 Å². The van der Waals surface area contributed by atoms with E-state index in [2.05, 4.69) is 20.6 Å². The van der Waals surface area contributed by atoms with Crippen LogP contribution in [-0.4, -0.2) is 16.0 Å². The van der Waals surface area contributed by atoms with E-state index in [-0.39, 0.29) is 17.7 Å². The van der Waals surface area contributed by atoms with Gasteiger partial charge >= 0.3 is 0 Å². The lowest BCUT2D eigenvalue weighted by Crippen LogP contribution is -2.13. The van der Waals surface area contributed by atoms with Crippen LogP contribution in [0.25, 0.3) is 10.9 Å². The van der Waals surface area contributed by atoms with Crippen LogP contribution in [0.2, 0.25) is 0 Å². The zero-order valence-corrected chi connectivity index (χ0v) is 12.8. The number of hydrogen-bond donors (Lipinski definition) is 2. The van der Waals surface area contributed by atoms with Crippen LogP contribution in [0.15, 0.2) is 42.5 Å². The van der Waals surface area contributed by atoms with Crippen molar-refractivity contribution >= 4 is 28.4 Å². The predicted molar refractivity (Wildman–Crippen MR) is 87.9 cm³/mol. The molecular formula is C17H16F2N4. The quantitative estimate of drug-likeness (QED) is 0.746. The molecule has 0 saturated heterocycles. The van der Waals surface area contributed by atoms with Gasteiger partial charge < -0.3 is 10.6 Å². The van der Waals surface area contributed by atoms with Crippen molar-refractivity contribution in [1.29, 1.82) is 0 Å². The number of aromatic nitrogens is 2. The fourth-order valence-corrected chi connectivity index (χ4v) is 2.23. The predicted octanol–water partition coefficient (Wildman–Crippen LogP) is 4.47. The Labute approximate surface area is 132 Å². The van der Waals surface area contributed by atoms with Crippen LogP contribution in [-0.2, 0) is 0 Å². The SMILES string of the molecule is CC(C)Nc1nc(Nc2ccc(F)cc2F)nc2ccccc12. The number of halogens is 2. The van der Waals surface area contributed by atoms with Crippen LogP contribution in [0.4, 0.5) is 26.2 Å². The minimum absolute atomic E-state index is 0.122. The zero-order valence-electron chi connectivity index (χ0n) is 12.8. The Morgan fingerprint density at radius 1 is 1.00 bits per heavy atom. The molecule has 0 radical (unpaired) electrons. The normalized spacial score (nSPS) is 11.0. The van der Waals surface area contributed by atoms with Crippen molar-refractivity contribution < 1.29 is 8.78 Å². The molecular weight excluding hydrogens is 298 g/mol. The first-order valence-electron chi connectivity index (χ1n) is 7.28. The summed E-state index contributed by atoms with van der Waals surface area (Å²) in [5, 5.41) is 6.93. The third kappa shape index (κ3) is 3.36. The molecule has 0 spiro atoms. The van der Waals surface area contributed by atoms with Crippen molar-refractivity contribution in [1.82, 2.24) is 9.97 Å². The Hall–Kier alpha value is -2.76. The molecule has 0 saturated carbocycles. The van der Waals surface area contributed by atoms with E-state index in [1.165, 1.54) is 12.1 Å². The Morgan fingerprint density at radius 2 is 1.78 bits per heavy atom. The summed E-state index contributed by atoms with van der Waals surface area (Å²) >= 11 is 0. The van der Waals surface area contributed by atoms with Crippen LogP contribution < -0.4 is 10.6 Å². The molecule has 0 bridgehead atoms. The molecule has 3 rings (SSSR count). The van der Waals surface area contributed by atoms with Crippen molar-refractivity contribution in [3.63, 3.8) is 0 Å². The minimum atomic E-state index is -0.694. The third-order valence-electron chi connectivity index (χ3n) is 3.21. The molecule has 0 fully saturated rings. The largest absolute Gasteiger partial charge is 0.367 e. The summed E-state index contributed by atoms with van der Waals surface area (Å²) < 4.78 is 26.8. The molecule has 0 unspecified atom stereocenters. The van der Waals surface area contributed by atoms with Crippen LogP contribution >= 0.6 is 0 Å². The van der Waals surface area contributed by atoms with E-state index >= 15 is 0 Å². The molecule has 2 N–H and O–H groups in total. The number of nitrogens with one attached hydrogen (secondary N) is 2. The van der Waals surface area contributed by atoms with Crippen molar-refractivity contribution in [3.8, 4) is 0 Å². The fourth-order valence-electron chi connectivity index (χ4n) is 2.23. The Bertz CT molecular complexity index is 849. The molecule has 2 aromatic carbocycles. The van der Waals surface area contributed by atoms with Gasteiger partial charge in [0.25, 0.3) is 0 Å². The second-order valence-electron chi connectivity index (χ2n) is 5.46. The molecule has 0 aliphatic carbocycles. The van der Waals surface area contributed by atoms with Gasteiger partial charge in [0.2, 0.25) is 5.95 Å². The van der Waals surface area contributed by atoms with Gasteiger partial charge in [-0.25, -0.2) is 13.8 Å². The van der Waals surface area contributed by atoms with E-state index in [4.69, 9.17) is 0 Å². The fraction of sp³-hybridized carbons (Fsp3) is 0.176. The Balaban J connectivity index is 2.03. The maximum atomic E-state index is 13.8. The van der Waals surface area contributed by atoms with E-state index in [1.807, 2.05) is 38.1 Å². The van der Waals surface area contributed by atoms with Crippen LogP contribution in [0.3, 0.4) is 0 Å². The van der Waals surface area contributed by atoms with Gasteiger partial charge in [0.1, 0.15) is 17.5 Å². The zero-order chi connectivity index (χ0) is 16.4. The number of fused-ring (bicyclic) bond motifs is 1. The Kier molecular flexibility index (Phi) is 4.06. The lowest BCUT2D eigenvalue weighted by atomic mass is 10.2. The molecule has 0 atom stereocenters. The van der Waals surface area contributed by atoms with Crippen molar-refractivity contribution in [2.45, 2.75) is 19.9 Å². The molecule has 6 heteroatoms. The molecule has 118 valence electrons. The summed E-state index contributed by atoms with van der Waals surface area (Å²) in [7, 11) is 0. The first-order chi connectivity index (χ1) is 11.0. The van der Waals surface area contributed by atoms with Gasteiger partial charge in [-0.05, 0) is 38.1 Å². The average molecular weight is 314 g/mol. The van der Waals surface area contributed by atoms with Gasteiger partial charge in [-0.2, -0.15) is 4.98 Å². The van der Waals surface area contributed by atoms with Gasteiger partial charge in [0.15, 0.2) is 0 Å². The van der Waals surface area contributed by atoms with Gasteiger partial charge in [-0.1, -0.05) is 12.1 Å². The highest BCUT2D eigenvalue weighted by molar-refractivity contribution is 5.90. The summed E-state index contributed by atoms with van der Waals surface area (Å²) in [5.74, 6) is -0.414. The highest BCUT2D eigenvalue weighted by Gasteiger charge is 2.10. The summed E-state index contributed by atoms with van der Waals surface area (Å²) in [6.07, 6.45) is 0. The highest BCUT2D eigenvalue weighted by atomic mass is 19.1. The van der Waals surface area contributed by atoms with Crippen LogP contribution in [0.5, 0.6) is 0 Å². The number of para-hydroxylation sites is 1. The Morgan fingerprint density at radius 3 is 2.52 bits per heavy atom. The van der Waals surface area contributed by atoms with Crippen LogP contribution in [0.1, 0.15) is 13.8 Å². The molecule has 23 heavy (non-hydrogen) atoms. The molecule has 0 aliphatic heterocycles. The molecule has 4 nitrogen and oxygen atoms in total. The van der Waals surface area contributed by atoms with Gasteiger partial charge in [0, 0.05) is 17.5 Å². The van der Waals surface area contributed by atoms with E-state index in [9.17, 15) is 8.78 Å². The second-order valence-corrected chi connectivity index (χ2v) is 5.46. The van der Waals surface area contributed by atoms with Gasteiger partial charge in [-0.15, -0.1) is 0 Å². The number of benzene rings is 2. The van der Waals surface area contributed by atoms with Gasteiger partial charge in [0.05, 0.1) is 11.2 Å². The summed E-state index contributed by atoms with van der Waals surface area (Å²) in [4.78, 5) is 8.79. The third-order valence-corrected chi connectivity index (χ3v) is 3.21. The summed E-state index contributed by atoms with van der Waals surface area (Å²) in [5.41, 5.74) is 0.854. The lowest BCUT2D eigenvalue weighted by Gasteiger charge is -2.14. The number of anilines is 3. The number of nitrogens with zero attached hydrogens (tertiary/aromatic N) is 2. The van der Waals surface area contributed by atoms with Gasteiger partial charge in [-0.3, -0.25) is 0 Å². The standard InChI is InChI=1S/C17H16F2N4/c1-10(2)20-16-12-5-3-4-6-14(12)21-17(23-16)22-15-8-7-11(18)9-13(15)19/h3-10H,1-2H3,(H2,20,21,22,23). The molecule has 1 aromatic heterocycles. The topological polar surface area (TPSA) is 49.8 Å². The maximum absolute atomic E-state index is 13.8. The maximum Gasteiger partial charge on any atom is 0.229 e. The molecule has 0 amide bonds. The minimum Gasteiger partial charge on any atom is -0.367 e. The summed E-state index contributed by atoms with van der Waals surface area (Å²) in [6, 6.07) is 11.1. The van der Waals surface area contributed by atoms with E-state index in [0.29, 0.717) is 5.82 Å². The van der Waals surface area contributed by atoms with E-state index in [1.54, 1.807) is 0 Å². The van der Waals surface area contributed by atoms with E-state index < -0.39 is 11.6 Å². The summed E-state index contributed by atoms with van der Waals surface area (Å²) in [6.45, 7) is 4.01. The monoisotopic (exact) mass is 314 g/mol. The van der Waals surface area contributed by atoms with E-state index in [0.717, 1.165) is 17.0 Å². The second kappa shape index (κ2) is 6.16. The molecule has 0 aliphatic rings. The van der Waals surface area contributed by atoms with Crippen molar-refractivity contribution in [2.24, 2.45) is 0 Å². The molecule has 3 aromatic rings. The number of rotatable bonds is 4.